The van der Waals surface area contributed by atoms with E-state index in [4.69, 9.17) is 40.6 Å². The van der Waals surface area contributed by atoms with Crippen molar-refractivity contribution in [3.63, 3.8) is 0 Å². The molecule has 2 aliphatic heterocycles. The van der Waals surface area contributed by atoms with Gasteiger partial charge in [-0.1, -0.05) is 5.21 Å². The summed E-state index contributed by atoms with van der Waals surface area (Å²) in [7, 11) is -2.67. The van der Waals surface area contributed by atoms with Crippen molar-refractivity contribution in [3.8, 4) is 0 Å². The van der Waals surface area contributed by atoms with Crippen LogP contribution in [0, 0.1) is 0 Å². The number of aromatic amines is 2. The highest BCUT2D eigenvalue weighted by atomic mass is 32.7. The smallest absolute Gasteiger partial charge is 0.394 e. The van der Waals surface area contributed by atoms with Crippen LogP contribution < -0.4 is 16.9 Å². The largest absolute Gasteiger partial charge is 0.582 e. The van der Waals surface area contributed by atoms with Gasteiger partial charge in [0.25, 0.3) is 11.1 Å². The number of aliphatic hydroxyl groups excluding tert-OH is 1. The van der Waals surface area contributed by atoms with Crippen molar-refractivity contribution in [2.24, 2.45) is 0 Å². The fourth-order valence-electron chi connectivity index (χ4n) is 4.86. The quantitative estimate of drug-likeness (QED) is 0.0874. The summed E-state index contributed by atoms with van der Waals surface area (Å²) in [5.41, 5.74) is 3.62. The van der Waals surface area contributed by atoms with Crippen LogP contribution in [0.1, 0.15) is 12.5 Å². The molecule has 0 bridgehead atoms. The summed E-state index contributed by atoms with van der Waals surface area (Å²) < 4.78 is 72.0. The van der Waals surface area contributed by atoms with E-state index < -0.39 is 87.5 Å². The number of ether oxygens (including phenoxy) is 2. The Bertz CT molecular complexity index is 1930. The summed E-state index contributed by atoms with van der Waals surface area (Å²) in [6.45, 7) is -6.02. The first-order valence-electron chi connectivity index (χ1n) is 12.6. The Morgan fingerprint density at radius 3 is 2.62 bits per heavy atom. The van der Waals surface area contributed by atoms with E-state index in [2.05, 4.69) is 47.5 Å². The zero-order valence-electron chi connectivity index (χ0n) is 22.1. The minimum Gasteiger partial charge on any atom is -0.394 e. The molecule has 26 heteroatoms. The number of aromatic nitrogens is 9. The lowest BCUT2D eigenvalue weighted by Gasteiger charge is -2.25. The van der Waals surface area contributed by atoms with Crippen LogP contribution in [0.25, 0.3) is 22.3 Å². The molecular formula is C19H21F2N10O10P2S2+. The number of rotatable bonds is 10. The minimum absolute atomic E-state index is 0.0313. The number of imidazole rings is 1. The van der Waals surface area contributed by atoms with E-state index in [0.29, 0.717) is 0 Å². The van der Waals surface area contributed by atoms with Gasteiger partial charge < -0.3 is 34.7 Å². The normalized spacial score (nSPS) is 30.3. The number of nitrogens with one attached hydrogen (secondary N) is 2. The number of nitrogen functional groups attached to an aromatic ring is 1. The molecule has 10 atom stereocenters. The highest BCUT2D eigenvalue weighted by Crippen LogP contribution is 2.51. The average Bonchev–Trinajstić information content (AvgIpc) is 3.73. The fraction of sp³-hybridized carbons (Fsp3) is 0.526. The van der Waals surface area contributed by atoms with Crippen LogP contribution in [0.5, 0.6) is 0 Å². The second-order valence-corrected chi connectivity index (χ2v) is 14.0. The van der Waals surface area contributed by atoms with E-state index in [1.165, 1.54) is 0 Å². The lowest BCUT2D eigenvalue weighted by molar-refractivity contribution is -0.0588. The molecule has 4 aromatic rings. The van der Waals surface area contributed by atoms with E-state index >= 15 is 8.78 Å². The van der Waals surface area contributed by atoms with E-state index in [9.17, 15) is 24.2 Å². The Kier molecular flexibility index (Phi) is 8.82. The molecule has 2 aliphatic rings. The van der Waals surface area contributed by atoms with Gasteiger partial charge in [-0.05, 0) is 16.4 Å². The van der Waals surface area contributed by atoms with Crippen molar-refractivity contribution in [1.82, 2.24) is 44.5 Å². The molecule has 45 heavy (non-hydrogen) atoms. The number of alkyl halides is 2. The molecular weight excluding hydrogens is 692 g/mol. The molecule has 6 heterocycles. The Morgan fingerprint density at radius 1 is 1.13 bits per heavy atom. The maximum atomic E-state index is 15.6. The third-order valence-corrected chi connectivity index (χ3v) is 9.08. The Hall–Kier alpha value is -2.89. The summed E-state index contributed by atoms with van der Waals surface area (Å²) in [6, 6.07) is 0. The standard InChI is InChI=1S/C19H20F2N10O10P2S2/c20-7-5(1-32)38-18(31-14-10(28-29-31)16(34)27-19(22)26-14)12(7)41-43(36,45)37-2-6-11(40-42(35)44)8(21)17(39-6)30-4-25-9-13(30)23-3-24-15(9)33/h3-8,11-12,17-18,32H,1-2H2,(H5-,22,23,24,26,27,29,33,34,35,36,44,45)/p+1/t5-,6-,7-,8+,11-,12-,17-,18-,43?/m1/s1. The molecule has 2 fully saturated rings. The van der Waals surface area contributed by atoms with Gasteiger partial charge in [0.05, 0.1) is 25.9 Å². The predicted molar refractivity (Wildman–Crippen MR) is 152 cm³/mol. The number of nitrogens with zero attached hydrogens (tertiary/aromatic N) is 7. The van der Waals surface area contributed by atoms with Crippen LogP contribution in [0.15, 0.2) is 22.2 Å². The predicted octanol–water partition coefficient (Wildman–Crippen LogP) is -0.716. The number of hydrogen-bond donors (Lipinski definition) is 6. The van der Waals surface area contributed by atoms with Crippen LogP contribution in [0.3, 0.4) is 0 Å². The number of aliphatic hydroxyl groups is 1. The molecule has 20 nitrogen and oxygen atoms in total. The van der Waals surface area contributed by atoms with Gasteiger partial charge >= 0.3 is 13.9 Å². The first-order valence-corrected chi connectivity index (χ1v) is 17.5. The van der Waals surface area contributed by atoms with E-state index in [1.54, 1.807) is 0 Å². The first-order chi connectivity index (χ1) is 21.4. The Balaban J connectivity index is 1.23. The molecule has 0 radical (unpaired) electrons. The van der Waals surface area contributed by atoms with Crippen LogP contribution in [-0.2, 0) is 39.4 Å². The van der Waals surface area contributed by atoms with Gasteiger partial charge in [-0.3, -0.25) is 23.7 Å². The molecule has 0 aromatic carbocycles. The van der Waals surface area contributed by atoms with Crippen LogP contribution in [0.2, 0.25) is 0 Å². The summed E-state index contributed by atoms with van der Waals surface area (Å²) in [5.74, 6) is -0.315. The molecule has 0 saturated carbocycles. The van der Waals surface area contributed by atoms with Gasteiger partial charge in [0.1, 0.15) is 30.6 Å². The summed E-state index contributed by atoms with van der Waals surface area (Å²) in [5, 5.41) is 17.1. The van der Waals surface area contributed by atoms with Crippen LogP contribution >= 0.6 is 26.2 Å². The minimum atomic E-state index is -4.46. The topological polar surface area (TPSA) is 270 Å². The number of anilines is 1. The van der Waals surface area contributed by atoms with Gasteiger partial charge in [0, 0.05) is 0 Å². The van der Waals surface area contributed by atoms with Gasteiger partial charge in [-0.15, -0.1) is 9.62 Å². The summed E-state index contributed by atoms with van der Waals surface area (Å²) in [4.78, 5) is 51.5. The van der Waals surface area contributed by atoms with Crippen molar-refractivity contribution in [1.29, 1.82) is 0 Å². The molecule has 0 aliphatic carbocycles. The molecule has 0 amide bonds. The van der Waals surface area contributed by atoms with Gasteiger partial charge in [-0.25, -0.2) is 18.7 Å². The van der Waals surface area contributed by atoms with E-state index in [1.807, 2.05) is 0 Å². The van der Waals surface area contributed by atoms with Crippen LogP contribution in [-0.4, -0.2) is 104 Å². The summed E-state index contributed by atoms with van der Waals surface area (Å²) in [6.07, 6.45) is -11.4. The number of halogens is 2. The number of hydrogen-bond acceptors (Lipinski definition) is 16. The average molecular weight is 714 g/mol. The zero-order chi connectivity index (χ0) is 32.2. The lowest BCUT2D eigenvalue weighted by Crippen LogP contribution is -2.34. The van der Waals surface area contributed by atoms with Crippen molar-refractivity contribution >= 4 is 66.3 Å². The van der Waals surface area contributed by atoms with Crippen molar-refractivity contribution in [2.75, 3.05) is 18.9 Å². The fourth-order valence-corrected chi connectivity index (χ4v) is 7.05. The number of fused-ring (bicyclic) bond motifs is 2. The highest BCUT2D eigenvalue weighted by Gasteiger charge is 2.53. The van der Waals surface area contributed by atoms with Gasteiger partial charge in [0.2, 0.25) is 5.95 Å². The SMILES string of the molecule is Nc1nc2c(nnn2[C@@H]2O[C@H](CO)[C@@H](F)[C@H]2OP(O)(=S)OC[C@H]2O[C@@H](n3cnc4c(=O)[nH]cnc43)[C@@H](F)[C@@H]2O[P+](=O)S)c(=O)[nH]1. The van der Waals surface area contributed by atoms with E-state index in [0.717, 1.165) is 21.9 Å². The highest BCUT2D eigenvalue weighted by molar-refractivity contribution is 8.39. The van der Waals surface area contributed by atoms with Crippen molar-refractivity contribution in [3.05, 3.63) is 33.4 Å². The first kappa shape index (κ1) is 32.1. The third kappa shape index (κ3) is 6.03. The molecule has 2 saturated heterocycles. The second-order valence-electron chi connectivity index (χ2n) is 9.56. The van der Waals surface area contributed by atoms with Gasteiger partial charge in [0.15, 0.2) is 53.2 Å². The zero-order valence-corrected chi connectivity index (χ0v) is 25.6. The van der Waals surface area contributed by atoms with Crippen molar-refractivity contribution in [2.45, 2.75) is 49.2 Å². The number of thiol groups is 1. The van der Waals surface area contributed by atoms with Gasteiger partial charge in [-0.2, -0.15) is 9.67 Å². The third-order valence-electron chi connectivity index (χ3n) is 6.81. The lowest BCUT2D eigenvalue weighted by atomic mass is 10.1. The summed E-state index contributed by atoms with van der Waals surface area (Å²) >= 11 is 8.75. The molecule has 6 rings (SSSR count). The molecule has 0 spiro atoms. The van der Waals surface area contributed by atoms with Crippen molar-refractivity contribution < 1.29 is 46.4 Å². The molecule has 6 N–H and O–H groups in total. The maximum absolute atomic E-state index is 15.6. The molecule has 242 valence electrons. The number of nitrogens with two attached hydrogens (primary N) is 1. The van der Waals surface area contributed by atoms with E-state index in [-0.39, 0.29) is 28.3 Å². The van der Waals surface area contributed by atoms with Crippen LogP contribution in [0.4, 0.5) is 14.7 Å². The Morgan fingerprint density at radius 2 is 1.89 bits per heavy atom. The molecule has 2 unspecified atom stereocenters. The number of H-pyrrole nitrogens is 2. The molecule has 4 aromatic heterocycles. The second kappa shape index (κ2) is 12.4. The monoisotopic (exact) mass is 713 g/mol. The Labute approximate surface area is 258 Å². The maximum Gasteiger partial charge on any atom is 0.582 e.